The monoisotopic (exact) mass is 537 g/mol. The van der Waals surface area contributed by atoms with Crippen LogP contribution < -0.4 is 5.32 Å². The minimum Gasteiger partial charge on any atom is -0.465 e. The van der Waals surface area contributed by atoms with Crippen LogP contribution in [0.1, 0.15) is 21.2 Å². The first-order valence-electron chi connectivity index (χ1n) is 10.1. The Morgan fingerprint density at radius 1 is 0.939 bits per heavy atom. The van der Waals surface area contributed by atoms with Crippen molar-refractivity contribution in [2.24, 2.45) is 0 Å². The molecule has 4 nitrogen and oxygen atoms in total. The molecule has 4 rings (SSSR count). The van der Waals surface area contributed by atoms with Gasteiger partial charge in [-0.25, -0.2) is 4.79 Å². The summed E-state index contributed by atoms with van der Waals surface area (Å²) in [6, 6.07) is 27.1. The highest BCUT2D eigenvalue weighted by atomic mass is 79.9. The Bertz CT molecular complexity index is 1240. The summed E-state index contributed by atoms with van der Waals surface area (Å²) in [7, 11) is 1.34. The van der Waals surface area contributed by atoms with Gasteiger partial charge in [0.15, 0.2) is 0 Å². The summed E-state index contributed by atoms with van der Waals surface area (Å²) in [4.78, 5) is 27.2. The molecule has 0 aliphatic carbocycles. The van der Waals surface area contributed by atoms with Crippen LogP contribution in [0.2, 0.25) is 0 Å². The van der Waals surface area contributed by atoms with Gasteiger partial charge in [0.05, 0.1) is 7.11 Å². The SMILES string of the molecule is COC(=O)c1c(-c2ccc(Br)cc2)csc1NC(=O)C(Sc1ccccc1)c1ccccc1. The van der Waals surface area contributed by atoms with E-state index in [1.165, 1.54) is 30.2 Å². The Kier molecular flexibility index (Phi) is 7.65. The first kappa shape index (κ1) is 23.3. The smallest absolute Gasteiger partial charge is 0.341 e. The molecule has 1 heterocycles. The number of esters is 1. The molecule has 0 saturated heterocycles. The van der Waals surface area contributed by atoms with Crippen molar-refractivity contribution < 1.29 is 14.3 Å². The number of halogens is 1. The number of hydrogen-bond acceptors (Lipinski definition) is 5. The van der Waals surface area contributed by atoms with E-state index < -0.39 is 11.2 Å². The fourth-order valence-corrected chi connectivity index (χ4v) is 5.58. The molecule has 0 fully saturated rings. The molecule has 4 aromatic rings. The lowest BCUT2D eigenvalue weighted by Gasteiger charge is -2.17. The van der Waals surface area contributed by atoms with Crippen LogP contribution in [-0.2, 0) is 9.53 Å². The van der Waals surface area contributed by atoms with Gasteiger partial charge in [-0.3, -0.25) is 4.79 Å². The molecule has 1 aromatic heterocycles. The predicted octanol–water partition coefficient (Wildman–Crippen LogP) is 7.44. The zero-order valence-electron chi connectivity index (χ0n) is 17.7. The van der Waals surface area contributed by atoms with E-state index in [1.807, 2.05) is 90.3 Å². The van der Waals surface area contributed by atoms with Crippen molar-refractivity contribution in [3.05, 3.63) is 106 Å². The second kappa shape index (κ2) is 10.8. The van der Waals surface area contributed by atoms with E-state index in [0.717, 1.165) is 26.1 Å². The van der Waals surface area contributed by atoms with Crippen LogP contribution in [0.25, 0.3) is 11.1 Å². The van der Waals surface area contributed by atoms with E-state index in [1.54, 1.807) is 0 Å². The van der Waals surface area contributed by atoms with Crippen molar-refractivity contribution in [1.82, 2.24) is 0 Å². The number of anilines is 1. The van der Waals surface area contributed by atoms with E-state index in [2.05, 4.69) is 21.2 Å². The molecule has 7 heteroatoms. The lowest BCUT2D eigenvalue weighted by molar-refractivity contribution is -0.115. The maximum Gasteiger partial charge on any atom is 0.341 e. The van der Waals surface area contributed by atoms with Gasteiger partial charge < -0.3 is 10.1 Å². The number of rotatable bonds is 7. The van der Waals surface area contributed by atoms with Crippen LogP contribution in [-0.4, -0.2) is 19.0 Å². The molecule has 0 aliphatic rings. The van der Waals surface area contributed by atoms with Crippen molar-refractivity contribution in [2.45, 2.75) is 10.1 Å². The van der Waals surface area contributed by atoms with Crippen LogP contribution in [0.4, 0.5) is 5.00 Å². The quantitative estimate of drug-likeness (QED) is 0.196. The Morgan fingerprint density at radius 3 is 2.21 bits per heavy atom. The standard InChI is InChI=1S/C26H20BrNO3S2/c1-31-26(30)22-21(17-12-14-19(27)15-13-17)16-32-25(22)28-24(29)23(18-8-4-2-5-9-18)33-20-10-6-3-7-11-20/h2-16,23H,1H3,(H,28,29). The summed E-state index contributed by atoms with van der Waals surface area (Å²) in [6.45, 7) is 0. The second-order valence-electron chi connectivity index (χ2n) is 7.06. The van der Waals surface area contributed by atoms with E-state index in [0.29, 0.717) is 10.6 Å². The number of methoxy groups -OCH3 is 1. The van der Waals surface area contributed by atoms with Crippen molar-refractivity contribution >= 4 is 55.9 Å². The maximum atomic E-state index is 13.5. The summed E-state index contributed by atoms with van der Waals surface area (Å²) < 4.78 is 5.99. The average Bonchev–Trinajstić information content (AvgIpc) is 3.27. The van der Waals surface area contributed by atoms with E-state index >= 15 is 0 Å². The second-order valence-corrected chi connectivity index (χ2v) is 10.0. The summed E-state index contributed by atoms with van der Waals surface area (Å²) in [5.74, 6) is -0.694. The number of carbonyl (C=O) groups excluding carboxylic acids is 2. The topological polar surface area (TPSA) is 55.4 Å². The largest absolute Gasteiger partial charge is 0.465 e. The summed E-state index contributed by atoms with van der Waals surface area (Å²) in [6.07, 6.45) is 0. The maximum absolute atomic E-state index is 13.5. The van der Waals surface area contributed by atoms with Crippen LogP contribution >= 0.6 is 39.0 Å². The molecule has 1 atom stereocenters. The van der Waals surface area contributed by atoms with Gasteiger partial charge in [-0.1, -0.05) is 76.6 Å². The Labute approximate surface area is 209 Å². The van der Waals surface area contributed by atoms with E-state index in [-0.39, 0.29) is 5.91 Å². The predicted molar refractivity (Wildman–Crippen MR) is 139 cm³/mol. The fraction of sp³-hybridized carbons (Fsp3) is 0.0769. The van der Waals surface area contributed by atoms with Gasteiger partial charge in [0.2, 0.25) is 5.91 Å². The number of nitrogens with one attached hydrogen (secondary N) is 1. The number of amides is 1. The molecule has 3 aromatic carbocycles. The van der Waals surface area contributed by atoms with Gasteiger partial charge in [0.25, 0.3) is 0 Å². The van der Waals surface area contributed by atoms with Crippen molar-refractivity contribution in [2.75, 3.05) is 12.4 Å². The van der Waals surface area contributed by atoms with Gasteiger partial charge in [-0.05, 0) is 35.4 Å². The molecular formula is C26H20BrNO3S2. The molecule has 0 aliphatic heterocycles. The van der Waals surface area contributed by atoms with Gasteiger partial charge >= 0.3 is 5.97 Å². The summed E-state index contributed by atoms with van der Waals surface area (Å²) in [5.41, 5.74) is 2.83. The lowest BCUT2D eigenvalue weighted by atomic mass is 10.0. The minimum absolute atomic E-state index is 0.204. The highest BCUT2D eigenvalue weighted by Crippen LogP contribution is 2.40. The third-order valence-corrected chi connectivity index (χ3v) is 7.60. The van der Waals surface area contributed by atoms with Gasteiger partial charge in [-0.15, -0.1) is 23.1 Å². The fourth-order valence-electron chi connectivity index (χ4n) is 3.31. The van der Waals surface area contributed by atoms with Crippen LogP contribution in [0.3, 0.4) is 0 Å². The summed E-state index contributed by atoms with van der Waals surface area (Å²) >= 11 is 6.21. The van der Waals surface area contributed by atoms with E-state index in [9.17, 15) is 9.59 Å². The molecular weight excluding hydrogens is 518 g/mol. The molecule has 1 amide bonds. The lowest BCUT2D eigenvalue weighted by Crippen LogP contribution is -2.20. The van der Waals surface area contributed by atoms with Crippen LogP contribution in [0, 0.1) is 0 Å². The Balaban J connectivity index is 1.68. The number of hydrogen-bond donors (Lipinski definition) is 1. The van der Waals surface area contributed by atoms with Crippen molar-refractivity contribution in [3.63, 3.8) is 0 Å². The number of thiophene rings is 1. The van der Waals surface area contributed by atoms with Gasteiger partial charge in [0, 0.05) is 20.3 Å². The third-order valence-electron chi connectivity index (χ3n) is 4.91. The van der Waals surface area contributed by atoms with Crippen molar-refractivity contribution in [3.8, 4) is 11.1 Å². The molecule has 0 saturated carbocycles. The minimum atomic E-state index is -0.489. The molecule has 0 radical (unpaired) electrons. The van der Waals surface area contributed by atoms with Gasteiger partial charge in [0.1, 0.15) is 15.8 Å². The number of benzene rings is 3. The molecule has 0 bridgehead atoms. The van der Waals surface area contributed by atoms with Crippen LogP contribution in [0.5, 0.6) is 0 Å². The zero-order chi connectivity index (χ0) is 23.2. The average molecular weight is 538 g/mol. The zero-order valence-corrected chi connectivity index (χ0v) is 20.9. The number of thioether (sulfide) groups is 1. The number of ether oxygens (including phenoxy) is 1. The molecule has 1 N–H and O–H groups in total. The molecule has 33 heavy (non-hydrogen) atoms. The Hall–Kier alpha value is -2.87. The summed E-state index contributed by atoms with van der Waals surface area (Å²) in [5, 5.41) is 4.85. The normalized spacial score (nSPS) is 11.6. The highest BCUT2D eigenvalue weighted by molar-refractivity contribution is 9.10. The van der Waals surface area contributed by atoms with E-state index in [4.69, 9.17) is 4.74 Å². The van der Waals surface area contributed by atoms with Gasteiger partial charge in [-0.2, -0.15) is 0 Å². The highest BCUT2D eigenvalue weighted by Gasteiger charge is 2.27. The molecule has 1 unspecified atom stereocenters. The van der Waals surface area contributed by atoms with Crippen LogP contribution in [0.15, 0.2) is 99.7 Å². The first-order chi connectivity index (χ1) is 16.1. The molecule has 166 valence electrons. The van der Waals surface area contributed by atoms with Crippen molar-refractivity contribution in [1.29, 1.82) is 0 Å². The first-order valence-corrected chi connectivity index (χ1v) is 12.7. The number of carbonyl (C=O) groups is 2. The molecule has 0 spiro atoms. The Morgan fingerprint density at radius 2 is 1.58 bits per heavy atom. The third kappa shape index (κ3) is 5.55.